The molecule has 90 valence electrons. The van der Waals surface area contributed by atoms with Crippen LogP contribution in [0.3, 0.4) is 0 Å². The lowest BCUT2D eigenvalue weighted by Gasteiger charge is -2.05. The first-order chi connectivity index (χ1) is 7.99. The van der Waals surface area contributed by atoms with E-state index in [4.69, 9.17) is 5.11 Å². The Morgan fingerprint density at radius 2 is 2.12 bits per heavy atom. The third-order valence-electron chi connectivity index (χ3n) is 1.84. The molecule has 6 heteroatoms. The molecule has 0 bridgehead atoms. The average Bonchev–Trinajstić information content (AvgIpc) is 2.27. The van der Waals surface area contributed by atoms with E-state index in [0.29, 0.717) is 10.0 Å². The van der Waals surface area contributed by atoms with Crippen LogP contribution in [0.1, 0.15) is 5.56 Å². The van der Waals surface area contributed by atoms with Crippen molar-refractivity contribution in [2.24, 2.45) is 0 Å². The maximum atomic E-state index is 12.9. The summed E-state index contributed by atoms with van der Waals surface area (Å²) >= 11 is 3.21. The SMILES string of the molecule is O=C(O)/C=C/C(=O)NCc1cc(F)ccc1Br. The van der Waals surface area contributed by atoms with Crippen LogP contribution >= 0.6 is 15.9 Å². The van der Waals surface area contributed by atoms with Gasteiger partial charge in [-0.05, 0) is 23.8 Å². The molecule has 0 unspecified atom stereocenters. The molecule has 0 aromatic heterocycles. The number of hydrogen-bond acceptors (Lipinski definition) is 2. The van der Waals surface area contributed by atoms with E-state index in [0.717, 1.165) is 12.2 Å². The van der Waals surface area contributed by atoms with Gasteiger partial charge in [0.15, 0.2) is 0 Å². The number of carboxylic acids is 1. The third-order valence-corrected chi connectivity index (χ3v) is 2.61. The minimum Gasteiger partial charge on any atom is -0.478 e. The highest BCUT2D eigenvalue weighted by Gasteiger charge is 2.03. The van der Waals surface area contributed by atoms with E-state index in [1.165, 1.54) is 18.2 Å². The van der Waals surface area contributed by atoms with E-state index in [2.05, 4.69) is 21.2 Å². The molecule has 2 N–H and O–H groups in total. The van der Waals surface area contributed by atoms with Crippen molar-refractivity contribution in [3.8, 4) is 0 Å². The fourth-order valence-electron chi connectivity index (χ4n) is 1.07. The van der Waals surface area contributed by atoms with Gasteiger partial charge >= 0.3 is 5.97 Å². The van der Waals surface area contributed by atoms with Gasteiger partial charge in [0.25, 0.3) is 0 Å². The number of nitrogens with one attached hydrogen (secondary N) is 1. The summed E-state index contributed by atoms with van der Waals surface area (Å²) in [5, 5.41) is 10.7. The van der Waals surface area contributed by atoms with E-state index in [9.17, 15) is 14.0 Å². The zero-order valence-corrected chi connectivity index (χ0v) is 10.2. The van der Waals surface area contributed by atoms with Crippen molar-refractivity contribution in [3.63, 3.8) is 0 Å². The van der Waals surface area contributed by atoms with Gasteiger partial charge in [0.1, 0.15) is 5.82 Å². The predicted molar refractivity (Wildman–Crippen MR) is 62.7 cm³/mol. The topological polar surface area (TPSA) is 66.4 Å². The van der Waals surface area contributed by atoms with Gasteiger partial charge < -0.3 is 10.4 Å². The van der Waals surface area contributed by atoms with Gasteiger partial charge in [-0.3, -0.25) is 4.79 Å². The minimum atomic E-state index is -1.20. The second kappa shape index (κ2) is 6.15. The van der Waals surface area contributed by atoms with Gasteiger partial charge in [0.2, 0.25) is 5.91 Å². The Morgan fingerprint density at radius 3 is 2.76 bits per heavy atom. The van der Waals surface area contributed by atoms with Gasteiger partial charge in [0, 0.05) is 23.2 Å². The number of halogens is 2. The molecular weight excluding hydrogens is 293 g/mol. The monoisotopic (exact) mass is 301 g/mol. The lowest BCUT2D eigenvalue weighted by Crippen LogP contribution is -2.20. The summed E-state index contributed by atoms with van der Waals surface area (Å²) in [5.74, 6) is -2.16. The van der Waals surface area contributed by atoms with Crippen molar-refractivity contribution < 1.29 is 19.1 Å². The molecule has 0 aliphatic rings. The van der Waals surface area contributed by atoms with Crippen molar-refractivity contribution in [2.75, 3.05) is 0 Å². The minimum absolute atomic E-state index is 0.112. The first-order valence-electron chi connectivity index (χ1n) is 4.62. The number of amides is 1. The van der Waals surface area contributed by atoms with Gasteiger partial charge in [0.05, 0.1) is 0 Å². The molecule has 4 nitrogen and oxygen atoms in total. The van der Waals surface area contributed by atoms with Crippen molar-refractivity contribution in [2.45, 2.75) is 6.54 Å². The fraction of sp³-hybridized carbons (Fsp3) is 0.0909. The standard InChI is InChI=1S/C11H9BrFNO3/c12-9-2-1-8(13)5-7(9)6-14-10(15)3-4-11(16)17/h1-5H,6H2,(H,14,15)(H,16,17)/b4-3+. The summed E-state index contributed by atoms with van der Waals surface area (Å²) in [6.07, 6.45) is 1.63. The second-order valence-electron chi connectivity index (χ2n) is 3.13. The molecule has 0 heterocycles. The zero-order chi connectivity index (χ0) is 12.8. The Morgan fingerprint density at radius 1 is 1.41 bits per heavy atom. The van der Waals surface area contributed by atoms with Crippen molar-refractivity contribution in [1.82, 2.24) is 5.32 Å². The summed E-state index contributed by atoms with van der Waals surface area (Å²) < 4.78 is 13.6. The van der Waals surface area contributed by atoms with Gasteiger partial charge in [-0.15, -0.1) is 0 Å². The van der Waals surface area contributed by atoms with E-state index < -0.39 is 17.7 Å². The molecule has 1 amide bonds. The molecule has 0 fully saturated rings. The van der Waals surface area contributed by atoms with Crippen LogP contribution in [0.4, 0.5) is 4.39 Å². The van der Waals surface area contributed by atoms with Crippen LogP contribution in [0.2, 0.25) is 0 Å². The zero-order valence-electron chi connectivity index (χ0n) is 8.61. The Labute approximate surface area is 105 Å². The van der Waals surface area contributed by atoms with Crippen LogP contribution in [0.5, 0.6) is 0 Å². The van der Waals surface area contributed by atoms with Crippen molar-refractivity contribution in [3.05, 3.63) is 46.2 Å². The summed E-state index contributed by atoms with van der Waals surface area (Å²) in [6, 6.07) is 4.11. The van der Waals surface area contributed by atoms with Crippen LogP contribution in [0, 0.1) is 5.82 Å². The van der Waals surface area contributed by atoms with Gasteiger partial charge in [-0.2, -0.15) is 0 Å². The molecule has 0 radical (unpaired) electrons. The summed E-state index contributed by atoms with van der Waals surface area (Å²) in [5.41, 5.74) is 0.571. The Bertz CT molecular complexity index is 474. The molecular formula is C11H9BrFNO3. The predicted octanol–water partition coefficient (Wildman–Crippen LogP) is 1.85. The first kappa shape index (κ1) is 13.4. The van der Waals surface area contributed by atoms with E-state index in [-0.39, 0.29) is 6.54 Å². The third kappa shape index (κ3) is 4.78. The number of carboxylic acid groups (broad SMARTS) is 1. The van der Waals surface area contributed by atoms with Gasteiger partial charge in [-0.25, -0.2) is 9.18 Å². The molecule has 1 rings (SSSR count). The van der Waals surface area contributed by atoms with Crippen LogP contribution < -0.4 is 5.32 Å². The molecule has 0 saturated carbocycles. The molecule has 0 aliphatic heterocycles. The Kier molecular flexibility index (Phi) is 4.84. The maximum absolute atomic E-state index is 12.9. The lowest BCUT2D eigenvalue weighted by molar-refractivity contribution is -0.131. The molecule has 0 spiro atoms. The lowest BCUT2D eigenvalue weighted by atomic mass is 10.2. The van der Waals surface area contributed by atoms with Crippen molar-refractivity contribution in [1.29, 1.82) is 0 Å². The number of carbonyl (C=O) groups is 2. The maximum Gasteiger partial charge on any atom is 0.328 e. The number of benzene rings is 1. The van der Waals surface area contributed by atoms with Crippen LogP contribution in [-0.2, 0) is 16.1 Å². The van der Waals surface area contributed by atoms with E-state index in [1.807, 2.05) is 0 Å². The molecule has 1 aromatic rings. The Hall–Kier alpha value is -1.69. The quantitative estimate of drug-likeness (QED) is 0.834. The largest absolute Gasteiger partial charge is 0.478 e. The van der Waals surface area contributed by atoms with Crippen LogP contribution in [0.15, 0.2) is 34.8 Å². The molecule has 0 atom stereocenters. The summed E-state index contributed by atoms with van der Waals surface area (Å²) in [4.78, 5) is 21.3. The Balaban J connectivity index is 2.58. The molecule has 0 aliphatic carbocycles. The summed E-state index contributed by atoms with van der Waals surface area (Å²) in [6.45, 7) is 0.112. The second-order valence-corrected chi connectivity index (χ2v) is 3.98. The number of rotatable bonds is 4. The van der Waals surface area contributed by atoms with E-state index >= 15 is 0 Å². The highest BCUT2D eigenvalue weighted by atomic mass is 79.9. The normalized spacial score (nSPS) is 10.5. The van der Waals surface area contributed by atoms with Crippen LogP contribution in [0.25, 0.3) is 0 Å². The van der Waals surface area contributed by atoms with Crippen LogP contribution in [-0.4, -0.2) is 17.0 Å². The number of aliphatic carboxylic acids is 1. The molecule has 1 aromatic carbocycles. The number of hydrogen-bond donors (Lipinski definition) is 2. The summed E-state index contributed by atoms with van der Waals surface area (Å²) in [7, 11) is 0. The fourth-order valence-corrected chi connectivity index (χ4v) is 1.45. The number of carbonyl (C=O) groups excluding carboxylic acids is 1. The van der Waals surface area contributed by atoms with E-state index in [1.54, 1.807) is 0 Å². The van der Waals surface area contributed by atoms with Gasteiger partial charge in [-0.1, -0.05) is 15.9 Å². The highest BCUT2D eigenvalue weighted by molar-refractivity contribution is 9.10. The average molecular weight is 302 g/mol. The molecule has 17 heavy (non-hydrogen) atoms. The van der Waals surface area contributed by atoms with Crippen molar-refractivity contribution >= 4 is 27.8 Å². The highest BCUT2D eigenvalue weighted by Crippen LogP contribution is 2.17. The molecule has 0 saturated heterocycles. The first-order valence-corrected chi connectivity index (χ1v) is 5.41. The smallest absolute Gasteiger partial charge is 0.328 e.